The van der Waals surface area contributed by atoms with E-state index in [0.717, 1.165) is 5.56 Å². The fourth-order valence-electron chi connectivity index (χ4n) is 2.26. The third-order valence-corrected chi connectivity index (χ3v) is 3.63. The summed E-state index contributed by atoms with van der Waals surface area (Å²) in [6.45, 7) is 0.266. The minimum Gasteiger partial charge on any atom is -0.375 e. The maximum absolute atomic E-state index is 11.4. The van der Waals surface area contributed by atoms with Crippen LogP contribution in [0, 0.1) is 0 Å². The van der Waals surface area contributed by atoms with Crippen molar-refractivity contribution in [3.8, 4) is 0 Å². The summed E-state index contributed by atoms with van der Waals surface area (Å²) in [4.78, 5) is 15.8. The molecule has 0 fully saturated rings. The summed E-state index contributed by atoms with van der Waals surface area (Å²) in [5.74, 6) is 0.472. The molecule has 6 nitrogen and oxygen atoms in total. The number of benzene rings is 2. The van der Waals surface area contributed by atoms with Gasteiger partial charge in [0.2, 0.25) is 5.89 Å². The van der Waals surface area contributed by atoms with Crippen LogP contribution in [0.5, 0.6) is 0 Å². The van der Waals surface area contributed by atoms with Crippen molar-refractivity contribution in [2.75, 3.05) is 5.32 Å². The molecule has 0 bridgehead atoms. The molecule has 0 aliphatic heterocycles. The molecule has 0 spiro atoms. The van der Waals surface area contributed by atoms with E-state index >= 15 is 0 Å². The van der Waals surface area contributed by atoms with Crippen molar-refractivity contribution in [1.82, 2.24) is 10.1 Å². The Morgan fingerprint density at radius 3 is 2.75 bits per heavy atom. The van der Waals surface area contributed by atoms with Crippen LogP contribution in [0.2, 0.25) is 5.02 Å². The smallest absolute Gasteiger partial charge is 0.250 e. The highest BCUT2D eigenvalue weighted by molar-refractivity contribution is 6.31. The van der Waals surface area contributed by atoms with E-state index in [2.05, 4.69) is 15.5 Å². The first-order valence-electron chi connectivity index (χ1n) is 7.30. The van der Waals surface area contributed by atoms with Crippen LogP contribution in [0.1, 0.15) is 27.6 Å². The minimum atomic E-state index is -0.538. The molecule has 24 heavy (non-hydrogen) atoms. The topological polar surface area (TPSA) is 94.0 Å². The summed E-state index contributed by atoms with van der Waals surface area (Å²) in [6, 6.07) is 14.7. The normalized spacial score (nSPS) is 10.5. The number of nitrogens with two attached hydrogens (primary N) is 1. The van der Waals surface area contributed by atoms with Gasteiger partial charge in [-0.1, -0.05) is 47.1 Å². The first-order valence-corrected chi connectivity index (χ1v) is 7.68. The number of carbonyl (C=O) groups is 1. The number of carbonyl (C=O) groups excluding carboxylic acids is 1. The monoisotopic (exact) mass is 342 g/mol. The average molecular weight is 343 g/mol. The van der Waals surface area contributed by atoms with Crippen LogP contribution in [-0.2, 0) is 13.0 Å². The molecule has 2 aromatic carbocycles. The van der Waals surface area contributed by atoms with Gasteiger partial charge in [-0.05, 0) is 23.8 Å². The second kappa shape index (κ2) is 7.14. The van der Waals surface area contributed by atoms with Crippen LogP contribution in [0.3, 0.4) is 0 Å². The van der Waals surface area contributed by atoms with Crippen molar-refractivity contribution >= 4 is 23.2 Å². The van der Waals surface area contributed by atoms with Crippen molar-refractivity contribution in [2.45, 2.75) is 13.0 Å². The van der Waals surface area contributed by atoms with Gasteiger partial charge in [0.1, 0.15) is 0 Å². The molecule has 7 heteroatoms. The van der Waals surface area contributed by atoms with Crippen molar-refractivity contribution in [3.63, 3.8) is 0 Å². The second-order valence-electron chi connectivity index (χ2n) is 5.17. The number of primary amides is 1. The third-order valence-electron chi connectivity index (χ3n) is 3.39. The number of amides is 1. The number of rotatable bonds is 6. The zero-order valence-corrected chi connectivity index (χ0v) is 13.5. The molecule has 122 valence electrons. The highest BCUT2D eigenvalue weighted by Crippen LogP contribution is 2.21. The standard InChI is InChI=1S/C17H15ClN4O2/c18-12-6-7-13(17(19)23)14(9-12)20-10-16-21-15(22-24-16)8-11-4-2-1-3-5-11/h1-7,9,20H,8,10H2,(H2,19,23). The molecule has 0 atom stereocenters. The van der Waals surface area contributed by atoms with Gasteiger partial charge in [0.05, 0.1) is 12.1 Å². The molecule has 0 aliphatic rings. The molecule has 0 aliphatic carbocycles. The van der Waals surface area contributed by atoms with Crippen LogP contribution >= 0.6 is 11.6 Å². The number of anilines is 1. The van der Waals surface area contributed by atoms with Crippen LogP contribution in [0.4, 0.5) is 5.69 Å². The van der Waals surface area contributed by atoms with E-state index in [1.807, 2.05) is 30.3 Å². The lowest BCUT2D eigenvalue weighted by Crippen LogP contribution is -2.14. The number of aromatic nitrogens is 2. The Morgan fingerprint density at radius 2 is 2.00 bits per heavy atom. The van der Waals surface area contributed by atoms with Crippen molar-refractivity contribution in [2.24, 2.45) is 5.73 Å². The quantitative estimate of drug-likeness (QED) is 0.718. The molecule has 0 radical (unpaired) electrons. The summed E-state index contributed by atoms with van der Waals surface area (Å²) in [6.07, 6.45) is 0.591. The Balaban J connectivity index is 1.68. The molecule has 0 saturated heterocycles. The van der Waals surface area contributed by atoms with E-state index in [4.69, 9.17) is 21.9 Å². The first-order chi connectivity index (χ1) is 11.6. The zero-order valence-electron chi connectivity index (χ0n) is 12.7. The van der Waals surface area contributed by atoms with Crippen molar-refractivity contribution in [1.29, 1.82) is 0 Å². The molecule has 1 amide bonds. The molecule has 0 saturated carbocycles. The van der Waals surface area contributed by atoms with Crippen LogP contribution in [-0.4, -0.2) is 16.0 Å². The van der Waals surface area contributed by atoms with E-state index in [9.17, 15) is 4.79 Å². The third kappa shape index (κ3) is 3.91. The van der Waals surface area contributed by atoms with Gasteiger partial charge in [-0.3, -0.25) is 4.79 Å². The molecule has 1 aromatic heterocycles. The Hall–Kier alpha value is -2.86. The molecular weight excluding hydrogens is 328 g/mol. The number of hydrogen-bond acceptors (Lipinski definition) is 5. The van der Waals surface area contributed by atoms with Gasteiger partial charge in [0.25, 0.3) is 5.91 Å². The maximum atomic E-state index is 11.4. The number of nitrogens with zero attached hydrogens (tertiary/aromatic N) is 2. The molecule has 1 heterocycles. The lowest BCUT2D eigenvalue weighted by atomic mass is 10.1. The Morgan fingerprint density at radius 1 is 1.21 bits per heavy atom. The van der Waals surface area contributed by atoms with Gasteiger partial charge in [-0.15, -0.1) is 0 Å². The SMILES string of the molecule is NC(=O)c1ccc(Cl)cc1NCc1nc(Cc2ccccc2)no1. The highest BCUT2D eigenvalue weighted by Gasteiger charge is 2.11. The van der Waals surface area contributed by atoms with Gasteiger partial charge < -0.3 is 15.6 Å². The zero-order chi connectivity index (χ0) is 16.9. The molecule has 3 rings (SSSR count). The van der Waals surface area contributed by atoms with Gasteiger partial charge >= 0.3 is 0 Å². The van der Waals surface area contributed by atoms with Crippen LogP contribution in [0.25, 0.3) is 0 Å². The fraction of sp³-hybridized carbons (Fsp3) is 0.118. The molecular formula is C17H15ClN4O2. The predicted molar refractivity (Wildman–Crippen MR) is 90.8 cm³/mol. The molecule has 3 N–H and O–H groups in total. The van der Waals surface area contributed by atoms with E-state index in [1.165, 1.54) is 0 Å². The Kier molecular flexibility index (Phi) is 4.77. The Bertz CT molecular complexity index is 849. The highest BCUT2D eigenvalue weighted by atomic mass is 35.5. The van der Waals surface area contributed by atoms with E-state index in [1.54, 1.807) is 18.2 Å². The predicted octanol–water partition coefficient (Wildman–Crippen LogP) is 3.02. The van der Waals surface area contributed by atoms with Gasteiger partial charge in [-0.25, -0.2) is 0 Å². The summed E-state index contributed by atoms with van der Waals surface area (Å²) in [7, 11) is 0. The first kappa shape index (κ1) is 16.0. The summed E-state index contributed by atoms with van der Waals surface area (Å²) in [5.41, 5.74) is 7.33. The van der Waals surface area contributed by atoms with Gasteiger partial charge in [0, 0.05) is 17.1 Å². The summed E-state index contributed by atoms with van der Waals surface area (Å²) >= 11 is 5.95. The van der Waals surface area contributed by atoms with Crippen molar-refractivity contribution < 1.29 is 9.32 Å². The molecule has 0 unspecified atom stereocenters. The maximum Gasteiger partial charge on any atom is 0.250 e. The second-order valence-corrected chi connectivity index (χ2v) is 5.61. The van der Waals surface area contributed by atoms with Gasteiger partial charge in [-0.2, -0.15) is 4.98 Å². The van der Waals surface area contributed by atoms with E-state index in [0.29, 0.717) is 34.4 Å². The van der Waals surface area contributed by atoms with Crippen LogP contribution < -0.4 is 11.1 Å². The van der Waals surface area contributed by atoms with E-state index < -0.39 is 5.91 Å². The summed E-state index contributed by atoms with van der Waals surface area (Å²) < 4.78 is 5.22. The number of nitrogens with one attached hydrogen (secondary N) is 1. The Labute approximate surface area is 143 Å². The fourth-order valence-corrected chi connectivity index (χ4v) is 2.43. The summed E-state index contributed by atoms with van der Waals surface area (Å²) in [5, 5.41) is 7.50. The minimum absolute atomic E-state index is 0.266. The van der Waals surface area contributed by atoms with E-state index in [-0.39, 0.29) is 6.54 Å². The largest absolute Gasteiger partial charge is 0.375 e. The van der Waals surface area contributed by atoms with Gasteiger partial charge in [0.15, 0.2) is 5.82 Å². The lowest BCUT2D eigenvalue weighted by molar-refractivity contribution is 0.100. The van der Waals surface area contributed by atoms with Crippen molar-refractivity contribution in [3.05, 3.63) is 76.4 Å². The van der Waals surface area contributed by atoms with Crippen LogP contribution in [0.15, 0.2) is 53.1 Å². The number of halogens is 1. The average Bonchev–Trinajstić information content (AvgIpc) is 3.01. The number of hydrogen-bond donors (Lipinski definition) is 2. The molecule has 3 aromatic rings. The lowest BCUT2D eigenvalue weighted by Gasteiger charge is -2.08.